The van der Waals surface area contributed by atoms with E-state index in [4.69, 9.17) is 32.5 Å². The highest BCUT2D eigenvalue weighted by Crippen LogP contribution is 2.51. The van der Waals surface area contributed by atoms with Crippen molar-refractivity contribution in [1.29, 1.82) is 0 Å². The molecular weight excluding hydrogens is 810 g/mol. The summed E-state index contributed by atoms with van der Waals surface area (Å²) in [4.78, 5) is -0.157. The van der Waals surface area contributed by atoms with E-state index in [1.807, 2.05) is 42.5 Å². The Morgan fingerprint density at radius 2 is 1.48 bits per heavy atom. The van der Waals surface area contributed by atoms with Crippen molar-refractivity contribution in [2.24, 2.45) is 11.3 Å². The third kappa shape index (κ3) is 12.8. The van der Waals surface area contributed by atoms with E-state index in [1.54, 1.807) is 50.2 Å². The first-order chi connectivity index (χ1) is 27.0. The molecule has 5 atom stereocenters. The molecule has 5 aromatic carbocycles. The summed E-state index contributed by atoms with van der Waals surface area (Å²) in [5, 5.41) is 2.65. The van der Waals surface area contributed by atoms with Crippen molar-refractivity contribution in [2.75, 3.05) is 6.61 Å². The molecule has 7 nitrogen and oxygen atoms in total. The topological polar surface area (TPSA) is 107 Å². The monoisotopic (exact) mass is 865 g/mol. The van der Waals surface area contributed by atoms with Gasteiger partial charge in [0.05, 0.1) is 21.5 Å². The first-order valence-electron chi connectivity index (χ1n) is 18.9. The number of hydrogen-bond donors (Lipinski definition) is 1. The van der Waals surface area contributed by atoms with E-state index >= 15 is 0 Å². The van der Waals surface area contributed by atoms with Gasteiger partial charge < -0.3 is 13.8 Å². The van der Waals surface area contributed by atoms with Gasteiger partial charge in [-0.2, -0.15) is 4.58 Å². The van der Waals surface area contributed by atoms with Crippen LogP contribution in [0.3, 0.4) is 0 Å². The number of hydrogen-bond acceptors (Lipinski definition) is 5. The lowest BCUT2D eigenvalue weighted by Crippen LogP contribution is -2.46. The third-order valence-electron chi connectivity index (χ3n) is 10.1. The van der Waals surface area contributed by atoms with Crippen molar-refractivity contribution >= 4 is 61.1 Å². The Kier molecular flexibility index (Phi) is 18.4. The highest BCUT2D eigenvalue weighted by Gasteiger charge is 2.57. The maximum absolute atomic E-state index is 10.9. The second-order valence-electron chi connectivity index (χ2n) is 15.2. The average molecular weight is 867 g/mol. The third-order valence-corrected chi connectivity index (χ3v) is 12.3. The molecule has 2 heterocycles. The molecule has 58 heavy (non-hydrogen) atoms. The normalized spacial score (nSPS) is 20.2. The lowest BCUT2D eigenvalue weighted by atomic mass is 9.69. The minimum Gasteiger partial charge on any atom is -0.744 e. The van der Waals surface area contributed by atoms with E-state index in [0.717, 1.165) is 40.8 Å². The Balaban J connectivity index is 0.000000263. The summed E-state index contributed by atoms with van der Waals surface area (Å²) in [5.74, 6) is 1.87. The molecular formula is C47H57Cl2NO6S2. The number of fused-ring (bicyclic) bond motifs is 1. The highest BCUT2D eigenvalue weighted by molar-refractivity contribution is 7.86. The Bertz CT molecular complexity index is 2260. The van der Waals surface area contributed by atoms with E-state index in [2.05, 4.69) is 81.3 Å². The van der Waals surface area contributed by atoms with Gasteiger partial charge in [-0.25, -0.2) is 12.6 Å². The summed E-state index contributed by atoms with van der Waals surface area (Å²) in [5.41, 5.74) is 3.76. The Labute approximate surface area is 358 Å². The maximum Gasteiger partial charge on any atom is 0.343 e. The fraction of sp³-hybridized carbons (Fsp3) is 0.340. The van der Waals surface area contributed by atoms with Crippen molar-refractivity contribution in [3.05, 3.63) is 161 Å². The number of benzene rings is 5. The second kappa shape index (κ2) is 22.0. The predicted molar refractivity (Wildman–Crippen MR) is 241 cm³/mol. The largest absolute Gasteiger partial charge is 0.744 e. The van der Waals surface area contributed by atoms with Crippen LogP contribution in [-0.2, 0) is 25.9 Å². The van der Waals surface area contributed by atoms with Crippen molar-refractivity contribution in [3.8, 4) is 0 Å². The Morgan fingerprint density at radius 1 is 0.897 bits per heavy atom. The van der Waals surface area contributed by atoms with Gasteiger partial charge in [-0.15, -0.1) is 6.58 Å². The van der Waals surface area contributed by atoms with Gasteiger partial charge in [0, 0.05) is 21.5 Å². The van der Waals surface area contributed by atoms with Crippen LogP contribution >= 0.6 is 23.2 Å². The number of halogens is 2. The second-order valence-corrected chi connectivity index (χ2v) is 18.9. The summed E-state index contributed by atoms with van der Waals surface area (Å²) < 4.78 is 59.6. The van der Waals surface area contributed by atoms with Crippen LogP contribution in [0, 0.1) is 18.3 Å². The van der Waals surface area contributed by atoms with Crippen molar-refractivity contribution in [3.63, 3.8) is 0 Å². The Hall–Kier alpha value is -3.83. The van der Waals surface area contributed by atoms with E-state index in [1.165, 1.54) is 22.8 Å². The van der Waals surface area contributed by atoms with Crippen molar-refractivity contribution < 1.29 is 31.0 Å². The zero-order valence-corrected chi connectivity index (χ0v) is 36.5. The minimum absolute atomic E-state index is 0. The maximum atomic E-state index is 10.9. The zero-order valence-electron chi connectivity index (χ0n) is 33.3. The first-order valence-corrected chi connectivity index (χ1v) is 22.3. The molecule has 0 spiro atoms. The predicted octanol–water partition coefficient (Wildman–Crippen LogP) is 12.3. The molecule has 312 valence electrons. The number of allylic oxidation sites excluding steroid dienone is 1. The van der Waals surface area contributed by atoms with Gasteiger partial charge >= 0.3 is 5.90 Å². The molecule has 0 bridgehead atoms. The molecule has 0 aliphatic carbocycles. The van der Waals surface area contributed by atoms with E-state index < -0.39 is 21.2 Å². The lowest BCUT2D eigenvalue weighted by Gasteiger charge is -2.39. The van der Waals surface area contributed by atoms with E-state index in [-0.39, 0.29) is 34.9 Å². The zero-order chi connectivity index (χ0) is 41.9. The van der Waals surface area contributed by atoms with Gasteiger partial charge in [0.2, 0.25) is 0 Å². The van der Waals surface area contributed by atoms with Gasteiger partial charge in [-0.1, -0.05) is 147 Å². The van der Waals surface area contributed by atoms with Gasteiger partial charge in [-0.3, -0.25) is 0 Å². The van der Waals surface area contributed by atoms with Crippen molar-refractivity contribution in [1.82, 2.24) is 0 Å². The molecule has 0 saturated carbocycles. The minimum atomic E-state index is -4.38. The molecule has 11 heteroatoms. The molecule has 0 amide bonds. The van der Waals surface area contributed by atoms with Crippen LogP contribution in [0.25, 0.3) is 10.8 Å². The molecule has 2 unspecified atom stereocenters. The van der Waals surface area contributed by atoms with Crippen LogP contribution in [0.4, 0.5) is 0 Å². The van der Waals surface area contributed by atoms with E-state index in [0.29, 0.717) is 17.3 Å². The first kappa shape index (κ1) is 48.5. The van der Waals surface area contributed by atoms with E-state index in [9.17, 15) is 17.2 Å². The summed E-state index contributed by atoms with van der Waals surface area (Å²) in [6.07, 6.45) is 3.88. The van der Waals surface area contributed by atoms with Crippen LogP contribution in [0.2, 0.25) is 10.0 Å². The molecule has 5 aromatic rings. The molecule has 0 radical (unpaired) electrons. The van der Waals surface area contributed by atoms with Gasteiger partial charge in [0.1, 0.15) is 10.1 Å². The summed E-state index contributed by atoms with van der Waals surface area (Å²) in [7, 11) is -4.38. The average Bonchev–Trinajstić information content (AvgIpc) is 3.63. The number of nitrogens with zero attached hydrogens (tertiary/aromatic N) is 1. The van der Waals surface area contributed by atoms with Crippen LogP contribution in [0.1, 0.15) is 83.5 Å². The summed E-state index contributed by atoms with van der Waals surface area (Å²) in [6, 6.07) is 38.9. The molecule has 0 saturated heterocycles. The van der Waals surface area contributed by atoms with Gasteiger partial charge in [0.25, 0.3) is 0 Å². The smallest absolute Gasteiger partial charge is 0.343 e. The molecule has 1 N–H and O–H groups in total. The molecule has 0 aromatic heterocycles. The van der Waals surface area contributed by atoms with Crippen LogP contribution < -0.4 is 0 Å². The van der Waals surface area contributed by atoms with Crippen LogP contribution in [-0.4, -0.2) is 50.1 Å². The summed E-state index contributed by atoms with van der Waals surface area (Å²) >= 11 is 11.0. The lowest BCUT2D eigenvalue weighted by molar-refractivity contribution is -0.616. The van der Waals surface area contributed by atoms with Gasteiger partial charge in [0.15, 0.2) is 29.8 Å². The molecule has 7 rings (SSSR count). The number of aryl methyl sites for hydroxylation is 1. The summed E-state index contributed by atoms with van der Waals surface area (Å²) in [6.45, 7) is 17.1. The van der Waals surface area contributed by atoms with Gasteiger partial charge in [-0.05, 0) is 87.2 Å². The molecule has 2 aliphatic rings. The molecule has 0 fully saturated rings. The fourth-order valence-corrected chi connectivity index (χ4v) is 8.23. The quantitative estimate of drug-likeness (QED) is 0.0756. The highest BCUT2D eigenvalue weighted by atomic mass is 35.5. The fourth-order valence-electron chi connectivity index (χ4n) is 7.21. The van der Waals surface area contributed by atoms with Crippen molar-refractivity contribution in [2.45, 2.75) is 90.0 Å². The van der Waals surface area contributed by atoms with Crippen LogP contribution in [0.15, 0.2) is 139 Å². The van der Waals surface area contributed by atoms with Crippen LogP contribution in [0.5, 0.6) is 0 Å². The number of rotatable bonds is 7. The SMILES string of the molecule is C.C=CC[C@@]1(C)C[C@H](c2cccc(Cl)c2)C(c2ccc(Cl)cc2)[N+]2=C1OC[C@@H]2C(C)C.CC(C)S(=O)O.Cc1ccccc1.O=S(=O)([O-])c1cccc2ccccc12. The number of ether oxygens (including phenoxy) is 1. The Morgan fingerprint density at radius 3 is 2.02 bits per heavy atom. The molecule has 2 aliphatic heterocycles. The standard InChI is InChI=1S/C26H30Cl2NO.C10H8O3S.C7H8.C3H8O2S.CH4/c1-5-13-26(4)15-22(19-7-6-8-21(28)14-19)24(18-9-11-20(27)12-10-18)29-23(17(2)3)16-30-25(26)29;11-14(12,13)10-7-3-5-8-4-1-2-6-9(8)10;1-7-5-3-2-4-6-7;1-3(2)6(4)5;/h5-12,14,17,22-24H,1,13,15-16H2,2-4H3;1-7H,(H,11,12,13);2-6H,1H3;3H,1-2H3,(H,4,5);1H4/q+1;;;;/p-1/t22-,23-,24?,26+;;;;/m1..../s1.